The first-order chi connectivity index (χ1) is 12.0. The van der Waals surface area contributed by atoms with Crippen LogP contribution in [0.3, 0.4) is 0 Å². The second kappa shape index (κ2) is 5.73. The van der Waals surface area contributed by atoms with Gasteiger partial charge < -0.3 is 0 Å². The van der Waals surface area contributed by atoms with Gasteiger partial charge in [-0.15, -0.1) is 0 Å². The number of nitrogens with zero attached hydrogens (tertiary/aromatic N) is 4. The molecule has 0 spiro atoms. The zero-order valence-electron chi connectivity index (χ0n) is 12.8. The first-order valence-corrected chi connectivity index (χ1v) is 7.47. The van der Waals surface area contributed by atoms with Crippen molar-refractivity contribution in [2.24, 2.45) is 0 Å². The minimum absolute atomic E-state index is 0.338. The van der Waals surface area contributed by atoms with Crippen molar-refractivity contribution < 1.29 is 13.2 Å². The van der Waals surface area contributed by atoms with Crippen LogP contribution in [0.2, 0.25) is 0 Å². The number of hydrogen-bond donors (Lipinski definition) is 1. The van der Waals surface area contributed by atoms with Gasteiger partial charge in [-0.1, -0.05) is 6.07 Å². The minimum Gasteiger partial charge on any atom is -0.278 e. The van der Waals surface area contributed by atoms with Gasteiger partial charge in [0.25, 0.3) is 0 Å². The highest BCUT2D eigenvalue weighted by Crippen LogP contribution is 2.36. The molecule has 1 N–H and O–H groups in total. The number of alkyl halides is 3. The van der Waals surface area contributed by atoms with Crippen molar-refractivity contribution >= 4 is 10.9 Å². The lowest BCUT2D eigenvalue weighted by molar-refractivity contribution is -0.137. The van der Waals surface area contributed by atoms with Gasteiger partial charge in [0.1, 0.15) is 0 Å². The van der Waals surface area contributed by atoms with Crippen LogP contribution in [-0.4, -0.2) is 25.0 Å². The largest absolute Gasteiger partial charge is 0.416 e. The monoisotopic (exact) mass is 343 g/mol. The zero-order chi connectivity index (χ0) is 17.4. The molecule has 3 aromatic heterocycles. The quantitative estimate of drug-likeness (QED) is 0.614. The fourth-order valence-corrected chi connectivity index (χ4v) is 2.72. The average Bonchev–Trinajstić information content (AvgIpc) is 3.23. The second-order valence-electron chi connectivity index (χ2n) is 5.64. The van der Waals surface area contributed by atoms with Gasteiger partial charge in [0.2, 0.25) is 0 Å². The summed E-state index contributed by atoms with van der Waals surface area (Å²) in [5, 5.41) is 11.3. The Morgan fingerprint density at radius 1 is 1.12 bits per heavy atom. The first kappa shape index (κ1) is 15.4. The Hall–Kier alpha value is -3.16. The highest BCUT2D eigenvalue weighted by molar-refractivity contribution is 5.94. The van der Waals surface area contributed by atoms with E-state index < -0.39 is 11.7 Å². The number of nitrogens with one attached hydrogen (secondary N) is 1. The molecule has 0 aliphatic rings. The zero-order valence-corrected chi connectivity index (χ0v) is 12.8. The Morgan fingerprint density at radius 2 is 2.00 bits per heavy atom. The van der Waals surface area contributed by atoms with Crippen LogP contribution in [0.25, 0.3) is 22.0 Å². The molecule has 8 heteroatoms. The van der Waals surface area contributed by atoms with Crippen LogP contribution in [0, 0.1) is 0 Å². The predicted octanol–water partition coefficient (Wildman–Crippen LogP) is 3.89. The summed E-state index contributed by atoms with van der Waals surface area (Å²) in [6.45, 7) is 0.487. The lowest BCUT2D eigenvalue weighted by Gasteiger charge is -2.09. The third kappa shape index (κ3) is 2.98. The fourth-order valence-electron chi connectivity index (χ4n) is 2.72. The molecule has 3 heterocycles. The van der Waals surface area contributed by atoms with Crippen LogP contribution >= 0.6 is 0 Å². The maximum atomic E-state index is 13.1. The Labute approximate surface area is 140 Å². The van der Waals surface area contributed by atoms with Crippen molar-refractivity contribution in [2.75, 3.05) is 0 Å². The molecule has 4 rings (SSSR count). The molecule has 0 unspecified atom stereocenters. The van der Waals surface area contributed by atoms with E-state index in [-0.39, 0.29) is 0 Å². The third-order valence-electron chi connectivity index (χ3n) is 3.90. The number of aromatic amines is 1. The lowest BCUT2D eigenvalue weighted by atomic mass is 10.0. The predicted molar refractivity (Wildman–Crippen MR) is 85.7 cm³/mol. The van der Waals surface area contributed by atoms with E-state index >= 15 is 0 Å². The molecule has 0 aliphatic carbocycles. The summed E-state index contributed by atoms with van der Waals surface area (Å²) in [7, 11) is 0. The molecular formula is C17H12F3N5. The molecule has 0 bridgehead atoms. The molecule has 4 aromatic rings. The number of benzene rings is 1. The summed E-state index contributed by atoms with van der Waals surface area (Å²) in [4.78, 5) is 4.04. The molecule has 1 aromatic carbocycles. The first-order valence-electron chi connectivity index (χ1n) is 7.47. The topological polar surface area (TPSA) is 59.4 Å². The van der Waals surface area contributed by atoms with Crippen molar-refractivity contribution in [3.8, 4) is 11.1 Å². The van der Waals surface area contributed by atoms with Crippen molar-refractivity contribution in [3.63, 3.8) is 0 Å². The van der Waals surface area contributed by atoms with Gasteiger partial charge in [-0.3, -0.25) is 14.8 Å². The summed E-state index contributed by atoms with van der Waals surface area (Å²) in [6.07, 6.45) is 3.76. The van der Waals surface area contributed by atoms with Gasteiger partial charge in [-0.2, -0.15) is 23.4 Å². The number of H-pyrrole nitrogens is 1. The highest BCUT2D eigenvalue weighted by atomic mass is 19.4. The lowest BCUT2D eigenvalue weighted by Crippen LogP contribution is -2.05. The van der Waals surface area contributed by atoms with Crippen LogP contribution in [0.15, 0.2) is 55.2 Å². The molecule has 0 saturated carbocycles. The van der Waals surface area contributed by atoms with Gasteiger partial charge in [-0.25, -0.2) is 0 Å². The van der Waals surface area contributed by atoms with Crippen LogP contribution in [-0.2, 0) is 12.7 Å². The Bertz CT molecular complexity index is 1020. The van der Waals surface area contributed by atoms with Crippen molar-refractivity contribution in [2.45, 2.75) is 12.7 Å². The van der Waals surface area contributed by atoms with Crippen molar-refractivity contribution in [1.29, 1.82) is 0 Å². The third-order valence-corrected chi connectivity index (χ3v) is 3.90. The van der Waals surface area contributed by atoms with Gasteiger partial charge in [0.05, 0.1) is 30.0 Å². The SMILES string of the molecule is FC(F)(F)c1cc(-c2cnn(Cc3cccnc3)c2)c2cn[nH]c2c1. The molecular weight excluding hydrogens is 331 g/mol. The smallest absolute Gasteiger partial charge is 0.278 e. The van der Waals surface area contributed by atoms with E-state index in [1.165, 1.54) is 6.20 Å². The van der Waals surface area contributed by atoms with Gasteiger partial charge in [0.15, 0.2) is 0 Å². The minimum atomic E-state index is -4.43. The fraction of sp³-hybridized carbons (Fsp3) is 0.118. The van der Waals surface area contributed by atoms with E-state index in [1.54, 1.807) is 29.5 Å². The van der Waals surface area contributed by atoms with Crippen LogP contribution in [0.4, 0.5) is 13.2 Å². The standard InChI is InChI=1S/C17H12F3N5/c18-17(19,20)13-4-14(15-8-22-24-16(15)5-13)12-7-23-25(10-12)9-11-2-1-3-21-6-11/h1-8,10H,9H2,(H,22,24). The summed E-state index contributed by atoms with van der Waals surface area (Å²) in [5.41, 5.74) is 1.61. The number of pyridine rings is 1. The number of aromatic nitrogens is 5. The summed E-state index contributed by atoms with van der Waals surface area (Å²) in [5.74, 6) is 0. The van der Waals surface area contributed by atoms with E-state index in [1.807, 2.05) is 12.1 Å². The average molecular weight is 343 g/mol. The molecule has 0 amide bonds. The van der Waals surface area contributed by atoms with E-state index in [9.17, 15) is 13.2 Å². The van der Waals surface area contributed by atoms with E-state index in [4.69, 9.17) is 0 Å². The summed E-state index contributed by atoms with van der Waals surface area (Å²) >= 11 is 0. The molecule has 0 saturated heterocycles. The normalized spacial score (nSPS) is 12.0. The number of halogens is 3. The van der Waals surface area contributed by atoms with Crippen molar-refractivity contribution in [3.05, 3.63) is 66.4 Å². The molecule has 25 heavy (non-hydrogen) atoms. The van der Waals surface area contributed by atoms with E-state index in [2.05, 4.69) is 20.3 Å². The van der Waals surface area contributed by atoms with E-state index in [0.717, 1.165) is 17.7 Å². The second-order valence-corrected chi connectivity index (χ2v) is 5.64. The molecule has 0 radical (unpaired) electrons. The Kier molecular flexibility index (Phi) is 3.52. The highest BCUT2D eigenvalue weighted by Gasteiger charge is 2.31. The van der Waals surface area contributed by atoms with Crippen LogP contribution < -0.4 is 0 Å². The molecule has 0 atom stereocenters. The summed E-state index contributed by atoms with van der Waals surface area (Å²) < 4.78 is 41.1. The number of rotatable bonds is 3. The molecule has 126 valence electrons. The van der Waals surface area contributed by atoms with Gasteiger partial charge >= 0.3 is 6.18 Å². The van der Waals surface area contributed by atoms with Crippen molar-refractivity contribution in [1.82, 2.24) is 25.0 Å². The maximum absolute atomic E-state index is 13.1. The van der Waals surface area contributed by atoms with Crippen LogP contribution in [0.1, 0.15) is 11.1 Å². The summed E-state index contributed by atoms with van der Waals surface area (Å²) in [6, 6.07) is 5.92. The Morgan fingerprint density at radius 3 is 2.76 bits per heavy atom. The maximum Gasteiger partial charge on any atom is 0.416 e. The van der Waals surface area contributed by atoms with E-state index in [0.29, 0.717) is 28.6 Å². The van der Waals surface area contributed by atoms with Crippen LogP contribution in [0.5, 0.6) is 0 Å². The van der Waals surface area contributed by atoms with Gasteiger partial charge in [-0.05, 0) is 29.3 Å². The number of fused-ring (bicyclic) bond motifs is 1. The van der Waals surface area contributed by atoms with Gasteiger partial charge in [0, 0.05) is 29.5 Å². The Balaban J connectivity index is 1.76. The molecule has 5 nitrogen and oxygen atoms in total. The molecule has 0 fully saturated rings. The molecule has 0 aliphatic heterocycles. The number of hydrogen-bond acceptors (Lipinski definition) is 3.